The van der Waals surface area contributed by atoms with Gasteiger partial charge in [-0.05, 0) is 42.7 Å². The summed E-state index contributed by atoms with van der Waals surface area (Å²) in [5.41, 5.74) is 4.79. The monoisotopic (exact) mass is 403 g/mol. The largest absolute Gasteiger partial charge is 0.328 e. The minimum absolute atomic E-state index is 0.0526. The van der Waals surface area contributed by atoms with Crippen LogP contribution in [0.5, 0.6) is 0 Å². The molecule has 0 aliphatic rings. The standard InChI is InChI=1S/C22H25N7O/c1-3-5-7-18-15-28(4-2)22(30)29(18)14-16-9-11-17(12-10-16)20-19(8-6-13-23-20)21-24-26-27-25-21/h6,8-13,15H,3-5,7,14H2,1-2H3,(H,24,25,26,27). The van der Waals surface area contributed by atoms with Gasteiger partial charge in [-0.2, -0.15) is 5.21 Å². The van der Waals surface area contributed by atoms with E-state index in [0.717, 1.165) is 47.3 Å². The molecule has 8 heteroatoms. The van der Waals surface area contributed by atoms with Gasteiger partial charge in [-0.1, -0.05) is 37.6 Å². The molecule has 8 nitrogen and oxygen atoms in total. The molecular weight excluding hydrogens is 378 g/mol. The number of rotatable bonds is 8. The zero-order valence-corrected chi connectivity index (χ0v) is 17.2. The highest BCUT2D eigenvalue weighted by Crippen LogP contribution is 2.27. The first-order valence-electron chi connectivity index (χ1n) is 10.3. The fourth-order valence-corrected chi connectivity index (χ4v) is 3.58. The van der Waals surface area contributed by atoms with Gasteiger partial charge < -0.3 is 0 Å². The third-order valence-corrected chi connectivity index (χ3v) is 5.22. The van der Waals surface area contributed by atoms with Crippen LogP contribution >= 0.6 is 0 Å². The third-order valence-electron chi connectivity index (χ3n) is 5.22. The quantitative estimate of drug-likeness (QED) is 0.487. The predicted octanol–water partition coefficient (Wildman–Crippen LogP) is 3.30. The molecular formula is C22H25N7O. The maximum absolute atomic E-state index is 12.7. The van der Waals surface area contributed by atoms with Gasteiger partial charge >= 0.3 is 5.69 Å². The van der Waals surface area contributed by atoms with Crippen molar-refractivity contribution in [3.8, 4) is 22.6 Å². The lowest BCUT2D eigenvalue weighted by Crippen LogP contribution is -2.25. The summed E-state index contributed by atoms with van der Waals surface area (Å²) in [6.45, 7) is 5.41. The highest BCUT2D eigenvalue weighted by Gasteiger charge is 2.13. The van der Waals surface area contributed by atoms with E-state index < -0.39 is 0 Å². The van der Waals surface area contributed by atoms with E-state index in [4.69, 9.17) is 0 Å². The molecule has 0 unspecified atom stereocenters. The van der Waals surface area contributed by atoms with Crippen molar-refractivity contribution >= 4 is 0 Å². The Morgan fingerprint density at radius 2 is 1.93 bits per heavy atom. The van der Waals surface area contributed by atoms with Crippen molar-refractivity contribution in [1.29, 1.82) is 0 Å². The van der Waals surface area contributed by atoms with E-state index in [1.54, 1.807) is 10.8 Å². The first-order valence-corrected chi connectivity index (χ1v) is 10.3. The molecule has 4 rings (SSSR count). The summed E-state index contributed by atoms with van der Waals surface area (Å²) < 4.78 is 3.67. The first kappa shape index (κ1) is 19.8. The number of nitrogens with one attached hydrogen (secondary N) is 1. The van der Waals surface area contributed by atoms with Crippen molar-refractivity contribution in [2.45, 2.75) is 46.2 Å². The highest BCUT2D eigenvalue weighted by atomic mass is 16.1. The van der Waals surface area contributed by atoms with Crippen LogP contribution in [0, 0.1) is 0 Å². The van der Waals surface area contributed by atoms with E-state index in [0.29, 0.717) is 18.9 Å². The van der Waals surface area contributed by atoms with Gasteiger partial charge in [0.1, 0.15) is 0 Å². The molecule has 30 heavy (non-hydrogen) atoms. The number of benzene rings is 1. The molecule has 0 atom stereocenters. The second-order valence-electron chi connectivity index (χ2n) is 7.21. The number of pyridine rings is 1. The van der Waals surface area contributed by atoms with Crippen LogP contribution in [0.2, 0.25) is 0 Å². The summed E-state index contributed by atoms with van der Waals surface area (Å²) in [7, 11) is 0. The van der Waals surface area contributed by atoms with Crippen molar-refractivity contribution in [2.75, 3.05) is 0 Å². The van der Waals surface area contributed by atoms with E-state index in [-0.39, 0.29) is 5.69 Å². The zero-order valence-electron chi connectivity index (χ0n) is 17.2. The smallest absolute Gasteiger partial charge is 0.299 e. The van der Waals surface area contributed by atoms with Gasteiger partial charge in [0.25, 0.3) is 0 Å². The lowest BCUT2D eigenvalue weighted by Gasteiger charge is -2.09. The summed E-state index contributed by atoms with van der Waals surface area (Å²) in [5.74, 6) is 0.509. The normalized spacial score (nSPS) is 11.1. The molecule has 0 amide bonds. The van der Waals surface area contributed by atoms with Crippen molar-refractivity contribution in [1.82, 2.24) is 34.7 Å². The van der Waals surface area contributed by atoms with E-state index in [1.807, 2.05) is 54.1 Å². The van der Waals surface area contributed by atoms with E-state index in [9.17, 15) is 4.79 Å². The van der Waals surface area contributed by atoms with Gasteiger partial charge in [0.05, 0.1) is 12.2 Å². The molecule has 0 radical (unpaired) electrons. The molecule has 3 aromatic heterocycles. The Morgan fingerprint density at radius 1 is 1.10 bits per heavy atom. The number of hydrogen-bond donors (Lipinski definition) is 1. The van der Waals surface area contributed by atoms with E-state index in [1.165, 1.54) is 0 Å². The lowest BCUT2D eigenvalue weighted by atomic mass is 10.0. The topological polar surface area (TPSA) is 94.3 Å². The molecule has 0 fully saturated rings. The van der Waals surface area contributed by atoms with Gasteiger partial charge in [-0.15, -0.1) is 10.2 Å². The molecule has 4 aromatic rings. The Labute approximate surface area is 174 Å². The molecule has 0 saturated carbocycles. The number of hydrogen-bond acceptors (Lipinski definition) is 5. The van der Waals surface area contributed by atoms with Crippen molar-refractivity contribution < 1.29 is 0 Å². The fourth-order valence-electron chi connectivity index (χ4n) is 3.58. The average Bonchev–Trinajstić information content (AvgIpc) is 3.42. The van der Waals surface area contributed by atoms with E-state index in [2.05, 4.69) is 32.5 Å². The Bertz CT molecular complexity index is 1160. The minimum Gasteiger partial charge on any atom is -0.299 e. The van der Waals surface area contributed by atoms with Crippen molar-refractivity contribution in [3.05, 3.63) is 70.5 Å². The molecule has 0 aliphatic heterocycles. The fraction of sp³-hybridized carbons (Fsp3) is 0.318. The van der Waals surface area contributed by atoms with Crippen molar-refractivity contribution in [3.63, 3.8) is 0 Å². The molecule has 1 aromatic carbocycles. The van der Waals surface area contributed by atoms with Crippen LogP contribution in [-0.4, -0.2) is 34.7 Å². The van der Waals surface area contributed by atoms with Gasteiger partial charge in [0, 0.05) is 35.8 Å². The number of nitrogens with zero attached hydrogens (tertiary/aromatic N) is 6. The van der Waals surface area contributed by atoms with Crippen LogP contribution in [0.15, 0.2) is 53.6 Å². The van der Waals surface area contributed by atoms with Gasteiger partial charge in [0.2, 0.25) is 5.82 Å². The Kier molecular flexibility index (Phi) is 5.83. The molecule has 0 spiro atoms. The number of imidazole rings is 1. The number of unbranched alkanes of at least 4 members (excludes halogenated alkanes) is 1. The van der Waals surface area contributed by atoms with Gasteiger partial charge in [-0.25, -0.2) is 4.79 Å². The molecule has 3 heterocycles. The number of aromatic nitrogens is 7. The predicted molar refractivity (Wildman–Crippen MR) is 115 cm³/mol. The molecule has 0 aliphatic carbocycles. The average molecular weight is 403 g/mol. The zero-order chi connectivity index (χ0) is 20.9. The molecule has 1 N–H and O–H groups in total. The summed E-state index contributed by atoms with van der Waals surface area (Å²) in [6, 6.07) is 11.9. The van der Waals surface area contributed by atoms with Crippen LogP contribution < -0.4 is 5.69 Å². The Balaban J connectivity index is 1.62. The highest BCUT2D eigenvalue weighted by molar-refractivity contribution is 5.76. The van der Waals surface area contributed by atoms with Gasteiger partial charge in [0.15, 0.2) is 0 Å². The number of aromatic amines is 1. The first-order chi connectivity index (χ1) is 14.7. The molecule has 0 saturated heterocycles. The summed E-state index contributed by atoms with van der Waals surface area (Å²) in [5, 5.41) is 14.3. The van der Waals surface area contributed by atoms with Crippen LogP contribution in [0.3, 0.4) is 0 Å². The number of H-pyrrole nitrogens is 1. The lowest BCUT2D eigenvalue weighted by molar-refractivity contribution is 0.647. The Hall–Kier alpha value is -3.55. The number of tetrazole rings is 1. The van der Waals surface area contributed by atoms with Crippen LogP contribution in [0.25, 0.3) is 22.6 Å². The summed E-state index contributed by atoms with van der Waals surface area (Å²) in [6.07, 6.45) is 6.84. The third kappa shape index (κ3) is 3.94. The van der Waals surface area contributed by atoms with E-state index >= 15 is 0 Å². The molecule has 154 valence electrons. The summed E-state index contributed by atoms with van der Waals surface area (Å²) in [4.78, 5) is 17.3. The van der Waals surface area contributed by atoms with Crippen LogP contribution in [0.4, 0.5) is 0 Å². The minimum atomic E-state index is 0.0526. The second-order valence-corrected chi connectivity index (χ2v) is 7.21. The van der Waals surface area contributed by atoms with Crippen LogP contribution in [-0.2, 0) is 19.5 Å². The Morgan fingerprint density at radius 3 is 2.63 bits per heavy atom. The van der Waals surface area contributed by atoms with Crippen LogP contribution in [0.1, 0.15) is 37.9 Å². The van der Waals surface area contributed by atoms with Crippen molar-refractivity contribution in [2.24, 2.45) is 0 Å². The summed E-state index contributed by atoms with van der Waals surface area (Å²) >= 11 is 0. The molecule has 0 bridgehead atoms. The second kappa shape index (κ2) is 8.86. The van der Waals surface area contributed by atoms with Gasteiger partial charge in [-0.3, -0.25) is 14.1 Å². The maximum Gasteiger partial charge on any atom is 0.328 e. The SMILES string of the molecule is CCCCc1cn(CC)c(=O)n1Cc1ccc(-c2ncccc2-c2nn[nH]n2)cc1. The maximum atomic E-state index is 12.7. The number of aryl methyl sites for hydroxylation is 2.